The number of carbonyl (C=O) groups excluding carboxylic acids is 1. The van der Waals surface area contributed by atoms with E-state index in [4.69, 9.17) is 28.4 Å². The van der Waals surface area contributed by atoms with Crippen LogP contribution in [-0.2, 0) is 33.2 Å². The Hall–Kier alpha value is -1.59. The quantitative estimate of drug-likeness (QED) is 0.304. The first-order valence-corrected chi connectivity index (χ1v) is 11.7. The monoisotopic (exact) mass is 468 g/mol. The van der Waals surface area contributed by atoms with Crippen molar-refractivity contribution in [2.45, 2.75) is 18.6 Å². The van der Waals surface area contributed by atoms with E-state index in [1.54, 1.807) is 7.11 Å². The molecule has 2 atom stereocenters. The molecule has 2 rings (SSSR count). The maximum Gasteiger partial charge on any atom is 0.244 e. The van der Waals surface area contributed by atoms with Gasteiger partial charge in [-0.1, -0.05) is 30.3 Å². The van der Waals surface area contributed by atoms with Gasteiger partial charge in [0, 0.05) is 20.2 Å². The second-order valence-electron chi connectivity index (χ2n) is 7.64. The molecule has 0 bridgehead atoms. The molecule has 0 spiro atoms. The highest BCUT2D eigenvalue weighted by Crippen LogP contribution is 2.20. The van der Waals surface area contributed by atoms with Gasteiger partial charge < -0.3 is 38.6 Å². The molecule has 1 aromatic carbocycles. The summed E-state index contributed by atoms with van der Waals surface area (Å²) in [6.07, 6.45) is 0.898. The van der Waals surface area contributed by atoms with Crippen LogP contribution in [0, 0.1) is 0 Å². The lowest BCUT2D eigenvalue weighted by molar-refractivity contribution is -0.133. The molecule has 1 heterocycles. The maximum atomic E-state index is 12.9. The molecule has 9 heteroatoms. The summed E-state index contributed by atoms with van der Waals surface area (Å²) < 4.78 is 32.5. The van der Waals surface area contributed by atoms with E-state index in [1.165, 1.54) is 0 Å². The van der Waals surface area contributed by atoms with Crippen molar-refractivity contribution in [3.63, 3.8) is 0 Å². The van der Waals surface area contributed by atoms with Crippen LogP contribution >= 0.6 is 0 Å². The van der Waals surface area contributed by atoms with Crippen LogP contribution in [0.15, 0.2) is 30.3 Å². The van der Waals surface area contributed by atoms with Gasteiger partial charge in [0.25, 0.3) is 0 Å². The van der Waals surface area contributed by atoms with Crippen LogP contribution in [0.1, 0.15) is 18.0 Å². The minimum atomic E-state index is -0.326. The first kappa shape index (κ1) is 27.7. The van der Waals surface area contributed by atoms with Gasteiger partial charge in [0.05, 0.1) is 72.2 Å². The molecule has 1 aliphatic rings. The summed E-state index contributed by atoms with van der Waals surface area (Å²) in [5.41, 5.74) is 0.975. The van der Waals surface area contributed by atoms with Gasteiger partial charge in [0.15, 0.2) is 0 Å². The van der Waals surface area contributed by atoms with Crippen molar-refractivity contribution < 1.29 is 33.2 Å². The summed E-state index contributed by atoms with van der Waals surface area (Å²) in [5.74, 6) is 0.0887. The zero-order valence-electron chi connectivity index (χ0n) is 20.0. The van der Waals surface area contributed by atoms with Gasteiger partial charge >= 0.3 is 0 Å². The molecule has 0 aromatic heterocycles. The van der Waals surface area contributed by atoms with E-state index in [0.29, 0.717) is 79.2 Å². The van der Waals surface area contributed by atoms with E-state index in [9.17, 15) is 4.79 Å². The number of amides is 1. The highest BCUT2D eigenvalue weighted by atomic mass is 16.6. The molecule has 1 saturated heterocycles. The Bertz CT molecular complexity index is 620. The van der Waals surface area contributed by atoms with Crippen molar-refractivity contribution in [1.82, 2.24) is 10.2 Å². The number of ether oxygens (including phenoxy) is 6. The number of benzene rings is 1. The second-order valence-corrected chi connectivity index (χ2v) is 7.64. The number of rotatable bonds is 19. The van der Waals surface area contributed by atoms with Crippen LogP contribution in [-0.4, -0.2) is 110 Å². The molecule has 1 aromatic rings. The number of carbonyl (C=O) groups is 1. The summed E-state index contributed by atoms with van der Waals surface area (Å²) in [6.45, 7) is 6.72. The fourth-order valence-corrected chi connectivity index (χ4v) is 3.50. The lowest BCUT2D eigenvalue weighted by Gasteiger charge is -2.23. The standard InChI is InChI=1S/C24H40N2O7/c1-25-23(21-6-4-3-5-7-21)24(27)26-9-8-22(20-26)33-19-18-32-17-16-31-15-14-30-13-12-29-11-10-28-2/h3-7,22-23,25H,8-20H2,1-2H3. The molecule has 33 heavy (non-hydrogen) atoms. The van der Waals surface area contributed by atoms with Gasteiger partial charge in [0.2, 0.25) is 5.91 Å². The lowest BCUT2D eigenvalue weighted by atomic mass is 10.1. The predicted molar refractivity (Wildman–Crippen MR) is 124 cm³/mol. The molecule has 9 nitrogen and oxygen atoms in total. The van der Waals surface area contributed by atoms with E-state index in [0.717, 1.165) is 12.0 Å². The zero-order valence-corrected chi connectivity index (χ0v) is 20.0. The Balaban J connectivity index is 1.43. The van der Waals surface area contributed by atoms with E-state index >= 15 is 0 Å². The van der Waals surface area contributed by atoms with Crippen molar-refractivity contribution in [3.05, 3.63) is 35.9 Å². The summed E-state index contributed by atoms with van der Waals surface area (Å²) in [4.78, 5) is 14.8. The summed E-state index contributed by atoms with van der Waals surface area (Å²) in [6, 6.07) is 9.46. The molecule has 2 unspecified atom stereocenters. The van der Waals surface area contributed by atoms with E-state index in [-0.39, 0.29) is 18.1 Å². The fraction of sp³-hybridized carbons (Fsp3) is 0.708. The predicted octanol–water partition coefficient (Wildman–Crippen LogP) is 1.28. The van der Waals surface area contributed by atoms with Crippen LogP contribution in [0.3, 0.4) is 0 Å². The number of likely N-dealkylation sites (tertiary alicyclic amines) is 1. The number of likely N-dealkylation sites (N-methyl/N-ethyl adjacent to an activating group) is 1. The fourth-order valence-electron chi connectivity index (χ4n) is 3.50. The van der Waals surface area contributed by atoms with Crippen LogP contribution < -0.4 is 5.32 Å². The molecule has 0 saturated carbocycles. The van der Waals surface area contributed by atoms with Gasteiger partial charge in [-0.05, 0) is 19.0 Å². The minimum Gasteiger partial charge on any atom is -0.382 e. The molecule has 0 aliphatic carbocycles. The lowest BCUT2D eigenvalue weighted by Crippen LogP contribution is -2.39. The molecular formula is C24H40N2O7. The summed E-state index contributed by atoms with van der Waals surface area (Å²) >= 11 is 0. The number of hydrogen-bond donors (Lipinski definition) is 1. The Morgan fingerprint density at radius 1 is 0.909 bits per heavy atom. The largest absolute Gasteiger partial charge is 0.382 e. The number of hydrogen-bond acceptors (Lipinski definition) is 8. The zero-order chi connectivity index (χ0) is 23.6. The Morgan fingerprint density at radius 2 is 1.45 bits per heavy atom. The van der Waals surface area contributed by atoms with Gasteiger partial charge in [-0.25, -0.2) is 0 Å². The average molecular weight is 469 g/mol. The Morgan fingerprint density at radius 3 is 2.00 bits per heavy atom. The third-order valence-electron chi connectivity index (χ3n) is 5.25. The second kappa shape index (κ2) is 17.8. The van der Waals surface area contributed by atoms with Crippen LogP contribution in [0.2, 0.25) is 0 Å². The van der Waals surface area contributed by atoms with Crippen molar-refractivity contribution in [3.8, 4) is 0 Å². The van der Waals surface area contributed by atoms with Gasteiger partial charge in [-0.15, -0.1) is 0 Å². The topological polar surface area (TPSA) is 87.7 Å². The Kier molecular flexibility index (Phi) is 14.9. The average Bonchev–Trinajstić information content (AvgIpc) is 3.32. The SMILES string of the molecule is CNC(C(=O)N1CCC(OCCOCCOCCOCCOCCOC)C1)c1ccccc1. The van der Waals surface area contributed by atoms with E-state index in [2.05, 4.69) is 5.32 Å². The molecule has 188 valence electrons. The van der Waals surface area contributed by atoms with E-state index in [1.807, 2.05) is 42.3 Å². The van der Waals surface area contributed by atoms with Crippen molar-refractivity contribution in [1.29, 1.82) is 0 Å². The number of nitrogens with zero attached hydrogens (tertiary/aromatic N) is 1. The summed E-state index contributed by atoms with van der Waals surface area (Å²) in [7, 11) is 3.46. The Labute approximate surface area is 197 Å². The third kappa shape index (κ3) is 11.4. The molecule has 0 radical (unpaired) electrons. The van der Waals surface area contributed by atoms with Crippen molar-refractivity contribution in [2.24, 2.45) is 0 Å². The molecule has 1 N–H and O–H groups in total. The third-order valence-corrected chi connectivity index (χ3v) is 5.25. The van der Waals surface area contributed by atoms with Crippen LogP contribution in [0.5, 0.6) is 0 Å². The highest BCUT2D eigenvalue weighted by molar-refractivity contribution is 5.83. The molecule has 1 aliphatic heterocycles. The molecule has 1 amide bonds. The number of nitrogens with one attached hydrogen (secondary N) is 1. The van der Waals surface area contributed by atoms with E-state index < -0.39 is 0 Å². The number of methoxy groups -OCH3 is 1. The first-order valence-electron chi connectivity index (χ1n) is 11.7. The van der Waals surface area contributed by atoms with Crippen LogP contribution in [0.4, 0.5) is 0 Å². The van der Waals surface area contributed by atoms with Gasteiger partial charge in [-0.2, -0.15) is 0 Å². The van der Waals surface area contributed by atoms with Crippen LogP contribution in [0.25, 0.3) is 0 Å². The van der Waals surface area contributed by atoms with Crippen molar-refractivity contribution >= 4 is 5.91 Å². The highest BCUT2D eigenvalue weighted by Gasteiger charge is 2.31. The molecular weight excluding hydrogens is 428 g/mol. The van der Waals surface area contributed by atoms with Gasteiger partial charge in [-0.3, -0.25) is 4.79 Å². The van der Waals surface area contributed by atoms with Gasteiger partial charge in [0.1, 0.15) is 6.04 Å². The smallest absolute Gasteiger partial charge is 0.244 e. The maximum absolute atomic E-state index is 12.9. The molecule has 1 fully saturated rings. The normalized spacial score (nSPS) is 16.9. The summed E-state index contributed by atoms with van der Waals surface area (Å²) in [5, 5.41) is 3.13. The van der Waals surface area contributed by atoms with Crippen molar-refractivity contribution in [2.75, 3.05) is 93.3 Å². The first-order chi connectivity index (χ1) is 16.3. The minimum absolute atomic E-state index is 0.0534.